The first-order valence-corrected chi connectivity index (χ1v) is 7.73. The monoisotopic (exact) mass is 321 g/mol. The Labute approximate surface area is 140 Å². The number of oxazole rings is 1. The van der Waals surface area contributed by atoms with Gasteiger partial charge in [-0.05, 0) is 37.1 Å². The summed E-state index contributed by atoms with van der Waals surface area (Å²) >= 11 is 0. The van der Waals surface area contributed by atoms with Crippen molar-refractivity contribution in [2.75, 3.05) is 5.32 Å². The lowest BCUT2D eigenvalue weighted by atomic mass is 10.1. The standard InChI is InChI=1S/C19H19N3O2/c1-13-8-14(2)10-16(9-13)22-19(23)21-12-18-20-11-17(24-18)15-6-4-3-5-7-15/h3-11H,12H2,1-2H3,(H2,21,22,23). The van der Waals surface area contributed by atoms with Gasteiger partial charge in [0, 0.05) is 11.3 Å². The molecule has 1 heterocycles. The molecular weight excluding hydrogens is 302 g/mol. The van der Waals surface area contributed by atoms with Crippen LogP contribution >= 0.6 is 0 Å². The molecule has 3 rings (SSSR count). The third-order valence-corrected chi connectivity index (χ3v) is 3.49. The number of carbonyl (C=O) groups excluding carboxylic acids is 1. The molecule has 2 amide bonds. The Kier molecular flexibility index (Phi) is 4.61. The van der Waals surface area contributed by atoms with Crippen LogP contribution in [0.2, 0.25) is 0 Å². The van der Waals surface area contributed by atoms with Gasteiger partial charge < -0.3 is 15.1 Å². The molecule has 0 aliphatic carbocycles. The molecule has 24 heavy (non-hydrogen) atoms. The highest BCUT2D eigenvalue weighted by molar-refractivity contribution is 5.89. The molecule has 0 radical (unpaired) electrons. The molecule has 5 heteroatoms. The molecule has 0 saturated carbocycles. The van der Waals surface area contributed by atoms with Gasteiger partial charge in [0.2, 0.25) is 5.89 Å². The quantitative estimate of drug-likeness (QED) is 0.753. The molecule has 0 bridgehead atoms. The summed E-state index contributed by atoms with van der Waals surface area (Å²) in [5, 5.41) is 5.56. The van der Waals surface area contributed by atoms with Gasteiger partial charge in [0.15, 0.2) is 5.76 Å². The van der Waals surface area contributed by atoms with E-state index in [4.69, 9.17) is 4.42 Å². The van der Waals surface area contributed by atoms with Gasteiger partial charge in [0.1, 0.15) is 0 Å². The van der Waals surface area contributed by atoms with Crippen LogP contribution in [0.3, 0.4) is 0 Å². The number of hydrogen-bond acceptors (Lipinski definition) is 3. The van der Waals surface area contributed by atoms with E-state index in [-0.39, 0.29) is 12.6 Å². The minimum Gasteiger partial charge on any atom is -0.439 e. The first-order valence-electron chi connectivity index (χ1n) is 7.73. The van der Waals surface area contributed by atoms with E-state index >= 15 is 0 Å². The van der Waals surface area contributed by atoms with Crippen LogP contribution in [-0.2, 0) is 6.54 Å². The van der Waals surface area contributed by atoms with E-state index in [1.165, 1.54) is 0 Å². The summed E-state index contributed by atoms with van der Waals surface area (Å²) in [7, 11) is 0. The highest BCUT2D eigenvalue weighted by atomic mass is 16.4. The molecule has 0 aliphatic heterocycles. The second-order valence-electron chi connectivity index (χ2n) is 5.67. The van der Waals surface area contributed by atoms with Crippen molar-refractivity contribution in [3.05, 3.63) is 71.7 Å². The van der Waals surface area contributed by atoms with E-state index in [1.807, 2.05) is 56.3 Å². The average molecular weight is 321 g/mol. The summed E-state index contributed by atoms with van der Waals surface area (Å²) in [6.07, 6.45) is 1.66. The van der Waals surface area contributed by atoms with Crippen LogP contribution in [0.5, 0.6) is 0 Å². The van der Waals surface area contributed by atoms with Gasteiger partial charge in [-0.15, -0.1) is 0 Å². The smallest absolute Gasteiger partial charge is 0.319 e. The predicted molar refractivity (Wildman–Crippen MR) is 93.7 cm³/mol. The fraction of sp³-hybridized carbons (Fsp3) is 0.158. The van der Waals surface area contributed by atoms with Crippen LogP contribution in [0, 0.1) is 13.8 Å². The van der Waals surface area contributed by atoms with E-state index in [0.29, 0.717) is 11.7 Å². The normalized spacial score (nSPS) is 10.4. The first kappa shape index (κ1) is 15.8. The van der Waals surface area contributed by atoms with Gasteiger partial charge >= 0.3 is 6.03 Å². The van der Waals surface area contributed by atoms with Crippen LogP contribution in [-0.4, -0.2) is 11.0 Å². The topological polar surface area (TPSA) is 67.2 Å². The maximum atomic E-state index is 12.0. The number of nitrogens with one attached hydrogen (secondary N) is 2. The third-order valence-electron chi connectivity index (χ3n) is 3.49. The number of nitrogens with zero attached hydrogens (tertiary/aromatic N) is 1. The predicted octanol–water partition coefficient (Wildman–Crippen LogP) is 4.28. The van der Waals surface area contributed by atoms with Gasteiger partial charge in [-0.25, -0.2) is 9.78 Å². The second-order valence-corrected chi connectivity index (χ2v) is 5.67. The summed E-state index contributed by atoms with van der Waals surface area (Å²) in [6.45, 7) is 4.21. The number of aryl methyl sites for hydroxylation is 2. The second kappa shape index (κ2) is 7.00. The molecule has 0 aliphatic rings. The Morgan fingerprint density at radius 3 is 2.50 bits per heavy atom. The number of anilines is 1. The molecule has 0 unspecified atom stereocenters. The van der Waals surface area contributed by atoms with Crippen molar-refractivity contribution >= 4 is 11.7 Å². The van der Waals surface area contributed by atoms with Crippen LogP contribution < -0.4 is 10.6 Å². The average Bonchev–Trinajstić information content (AvgIpc) is 3.02. The number of rotatable bonds is 4. The molecule has 0 fully saturated rings. The van der Waals surface area contributed by atoms with Gasteiger partial charge in [-0.1, -0.05) is 36.4 Å². The molecule has 0 atom stereocenters. The SMILES string of the molecule is Cc1cc(C)cc(NC(=O)NCc2ncc(-c3ccccc3)o2)c1. The lowest BCUT2D eigenvalue weighted by Crippen LogP contribution is -2.28. The molecule has 0 spiro atoms. The molecule has 0 saturated heterocycles. The van der Waals surface area contributed by atoms with E-state index < -0.39 is 0 Å². The molecule has 3 aromatic rings. The van der Waals surface area contributed by atoms with Crippen molar-refractivity contribution in [1.29, 1.82) is 0 Å². The summed E-state index contributed by atoms with van der Waals surface area (Å²) in [4.78, 5) is 16.2. The maximum Gasteiger partial charge on any atom is 0.319 e. The van der Waals surface area contributed by atoms with Crippen LogP contribution in [0.15, 0.2) is 59.1 Å². The maximum absolute atomic E-state index is 12.0. The zero-order valence-electron chi connectivity index (χ0n) is 13.7. The number of benzene rings is 2. The van der Waals surface area contributed by atoms with Crippen molar-refractivity contribution in [1.82, 2.24) is 10.3 Å². The van der Waals surface area contributed by atoms with Gasteiger partial charge in [-0.3, -0.25) is 0 Å². The Morgan fingerprint density at radius 2 is 1.79 bits per heavy atom. The van der Waals surface area contributed by atoms with Crippen LogP contribution in [0.25, 0.3) is 11.3 Å². The van der Waals surface area contributed by atoms with E-state index in [0.717, 1.165) is 22.4 Å². The van der Waals surface area contributed by atoms with Gasteiger partial charge in [0.05, 0.1) is 12.7 Å². The van der Waals surface area contributed by atoms with Crippen molar-refractivity contribution in [3.63, 3.8) is 0 Å². The Hall–Kier alpha value is -3.08. The summed E-state index contributed by atoms with van der Waals surface area (Å²) in [6, 6.07) is 15.3. The highest BCUT2D eigenvalue weighted by Crippen LogP contribution is 2.19. The lowest BCUT2D eigenvalue weighted by molar-refractivity contribution is 0.250. The Morgan fingerprint density at radius 1 is 1.08 bits per heavy atom. The van der Waals surface area contributed by atoms with Gasteiger partial charge in [-0.2, -0.15) is 0 Å². The highest BCUT2D eigenvalue weighted by Gasteiger charge is 2.08. The summed E-state index contributed by atoms with van der Waals surface area (Å²) in [5.41, 5.74) is 3.93. The van der Waals surface area contributed by atoms with Gasteiger partial charge in [0.25, 0.3) is 0 Å². The zero-order chi connectivity index (χ0) is 16.9. The summed E-state index contributed by atoms with van der Waals surface area (Å²) in [5.74, 6) is 1.14. The van der Waals surface area contributed by atoms with E-state index in [9.17, 15) is 4.79 Å². The summed E-state index contributed by atoms with van der Waals surface area (Å²) < 4.78 is 5.65. The number of aromatic nitrogens is 1. The molecule has 1 aromatic heterocycles. The Bertz CT molecular complexity index is 821. The minimum absolute atomic E-state index is 0.226. The lowest BCUT2D eigenvalue weighted by Gasteiger charge is -2.08. The fourth-order valence-electron chi connectivity index (χ4n) is 2.51. The zero-order valence-corrected chi connectivity index (χ0v) is 13.7. The van der Waals surface area contributed by atoms with Crippen LogP contribution in [0.4, 0.5) is 10.5 Å². The number of carbonyl (C=O) groups is 1. The minimum atomic E-state index is -0.292. The van der Waals surface area contributed by atoms with Crippen molar-refractivity contribution in [2.24, 2.45) is 0 Å². The third kappa shape index (κ3) is 4.01. The number of urea groups is 1. The van der Waals surface area contributed by atoms with E-state index in [2.05, 4.69) is 21.7 Å². The van der Waals surface area contributed by atoms with Crippen LogP contribution in [0.1, 0.15) is 17.0 Å². The first-order chi connectivity index (χ1) is 11.6. The Balaban J connectivity index is 1.58. The largest absolute Gasteiger partial charge is 0.439 e. The van der Waals surface area contributed by atoms with Crippen molar-refractivity contribution in [2.45, 2.75) is 20.4 Å². The van der Waals surface area contributed by atoms with E-state index in [1.54, 1.807) is 6.20 Å². The fourth-order valence-corrected chi connectivity index (χ4v) is 2.51. The number of hydrogen-bond donors (Lipinski definition) is 2. The molecule has 2 aromatic carbocycles. The number of amides is 2. The molecule has 5 nitrogen and oxygen atoms in total. The van der Waals surface area contributed by atoms with Crippen molar-refractivity contribution in [3.8, 4) is 11.3 Å². The molecular formula is C19H19N3O2. The molecule has 122 valence electrons. The van der Waals surface area contributed by atoms with Crippen molar-refractivity contribution < 1.29 is 9.21 Å². The molecule has 2 N–H and O–H groups in total.